The number of H-pyrrole nitrogens is 1. The zero-order valence-corrected chi connectivity index (χ0v) is 12.2. The number of amides is 1. The second-order valence-electron chi connectivity index (χ2n) is 4.94. The predicted octanol–water partition coefficient (Wildman–Crippen LogP) is 2.50. The van der Waals surface area contributed by atoms with Crippen LogP contribution in [0.25, 0.3) is 5.57 Å². The van der Waals surface area contributed by atoms with Crippen molar-refractivity contribution in [1.29, 1.82) is 0 Å². The lowest BCUT2D eigenvalue weighted by molar-refractivity contribution is -0.137. The summed E-state index contributed by atoms with van der Waals surface area (Å²) in [5.41, 5.74) is 0.247. The predicted molar refractivity (Wildman–Crippen MR) is 75.8 cm³/mol. The molecule has 0 spiro atoms. The standard InChI is InChI=1S/C14H14F3N5O/c1-8(13-19-21-22-20-13)7-12(23)18-9(2)10-3-5-11(6-4-10)14(15,16)17/h3-6,9H,1,7H2,2H3,(H,18,23)(H,19,20,21,22). The van der Waals surface area contributed by atoms with Crippen LogP contribution in [0, 0.1) is 0 Å². The zero-order chi connectivity index (χ0) is 17.0. The number of hydrogen-bond donors (Lipinski definition) is 2. The lowest BCUT2D eigenvalue weighted by Crippen LogP contribution is -2.26. The Balaban J connectivity index is 1.94. The third kappa shape index (κ3) is 4.38. The Labute approximate surface area is 129 Å². The first-order valence-electron chi connectivity index (χ1n) is 6.66. The highest BCUT2D eigenvalue weighted by Crippen LogP contribution is 2.29. The van der Waals surface area contributed by atoms with Gasteiger partial charge < -0.3 is 5.32 Å². The third-order valence-electron chi connectivity index (χ3n) is 3.17. The van der Waals surface area contributed by atoms with Crippen molar-refractivity contribution >= 4 is 11.5 Å². The summed E-state index contributed by atoms with van der Waals surface area (Å²) in [5.74, 6) is -0.0267. The number of alkyl halides is 3. The maximum absolute atomic E-state index is 12.5. The normalized spacial score (nSPS) is 12.7. The van der Waals surface area contributed by atoms with Gasteiger partial charge in [0, 0.05) is 5.57 Å². The number of benzene rings is 1. The summed E-state index contributed by atoms with van der Waals surface area (Å²) in [6.07, 6.45) is -4.41. The van der Waals surface area contributed by atoms with Crippen LogP contribution in [-0.2, 0) is 11.0 Å². The topological polar surface area (TPSA) is 83.6 Å². The second kappa shape index (κ2) is 6.59. The minimum atomic E-state index is -4.38. The van der Waals surface area contributed by atoms with Gasteiger partial charge in [-0.25, -0.2) is 5.10 Å². The fourth-order valence-corrected chi connectivity index (χ4v) is 1.92. The van der Waals surface area contributed by atoms with Gasteiger partial charge in [0.1, 0.15) is 0 Å². The number of hydrogen-bond acceptors (Lipinski definition) is 4. The van der Waals surface area contributed by atoms with Crippen LogP contribution >= 0.6 is 0 Å². The molecule has 1 atom stereocenters. The molecule has 0 radical (unpaired) electrons. The molecule has 1 aromatic heterocycles. The quantitative estimate of drug-likeness (QED) is 0.885. The average Bonchev–Trinajstić information content (AvgIpc) is 3.00. The van der Waals surface area contributed by atoms with Crippen molar-refractivity contribution in [2.75, 3.05) is 0 Å². The maximum Gasteiger partial charge on any atom is 0.416 e. The van der Waals surface area contributed by atoms with Gasteiger partial charge >= 0.3 is 6.18 Å². The van der Waals surface area contributed by atoms with Gasteiger partial charge in [-0.2, -0.15) is 13.2 Å². The molecule has 2 rings (SSSR count). The number of nitrogens with one attached hydrogen (secondary N) is 2. The van der Waals surface area contributed by atoms with Gasteiger partial charge in [0.15, 0.2) is 5.82 Å². The minimum Gasteiger partial charge on any atom is -0.349 e. The van der Waals surface area contributed by atoms with E-state index in [1.807, 2.05) is 0 Å². The van der Waals surface area contributed by atoms with Crippen LogP contribution in [0.2, 0.25) is 0 Å². The largest absolute Gasteiger partial charge is 0.416 e. The van der Waals surface area contributed by atoms with E-state index in [1.54, 1.807) is 6.92 Å². The van der Waals surface area contributed by atoms with E-state index in [1.165, 1.54) is 12.1 Å². The van der Waals surface area contributed by atoms with Crippen molar-refractivity contribution < 1.29 is 18.0 Å². The van der Waals surface area contributed by atoms with Crippen molar-refractivity contribution in [2.24, 2.45) is 0 Å². The summed E-state index contributed by atoms with van der Waals surface area (Å²) < 4.78 is 37.5. The van der Waals surface area contributed by atoms with Crippen LogP contribution in [0.15, 0.2) is 30.8 Å². The van der Waals surface area contributed by atoms with E-state index in [4.69, 9.17) is 0 Å². The third-order valence-corrected chi connectivity index (χ3v) is 3.17. The maximum atomic E-state index is 12.5. The van der Waals surface area contributed by atoms with E-state index in [0.717, 1.165) is 12.1 Å². The smallest absolute Gasteiger partial charge is 0.349 e. The molecule has 0 aliphatic rings. The highest BCUT2D eigenvalue weighted by Gasteiger charge is 2.30. The monoisotopic (exact) mass is 325 g/mol. The number of halogens is 3. The zero-order valence-electron chi connectivity index (χ0n) is 12.2. The first kappa shape index (κ1) is 16.7. The van der Waals surface area contributed by atoms with Crippen molar-refractivity contribution in [1.82, 2.24) is 25.9 Å². The fourth-order valence-electron chi connectivity index (χ4n) is 1.92. The molecule has 9 heteroatoms. The molecule has 0 aliphatic heterocycles. The number of aromatic amines is 1. The average molecular weight is 325 g/mol. The van der Waals surface area contributed by atoms with E-state index in [2.05, 4.69) is 32.5 Å². The molecule has 2 aromatic rings. The van der Waals surface area contributed by atoms with Crippen LogP contribution in [0.1, 0.15) is 36.3 Å². The molecule has 1 aromatic carbocycles. The SMILES string of the molecule is C=C(CC(=O)NC(C)c1ccc(C(F)(F)F)cc1)c1nnn[nH]1. The Hall–Kier alpha value is -2.71. The molecule has 0 fully saturated rings. The molecule has 0 aliphatic carbocycles. The first-order valence-corrected chi connectivity index (χ1v) is 6.66. The van der Waals surface area contributed by atoms with Crippen LogP contribution in [0.5, 0.6) is 0 Å². The Morgan fingerprint density at radius 1 is 1.35 bits per heavy atom. The molecule has 23 heavy (non-hydrogen) atoms. The Morgan fingerprint density at radius 2 is 2.00 bits per heavy atom. The van der Waals surface area contributed by atoms with Crippen molar-refractivity contribution in [3.8, 4) is 0 Å². The van der Waals surface area contributed by atoms with Crippen molar-refractivity contribution in [3.63, 3.8) is 0 Å². The molecular formula is C14H14F3N5O. The van der Waals surface area contributed by atoms with E-state index in [0.29, 0.717) is 17.0 Å². The van der Waals surface area contributed by atoms with Gasteiger partial charge in [0.05, 0.1) is 18.0 Å². The van der Waals surface area contributed by atoms with Crippen LogP contribution in [-0.4, -0.2) is 26.5 Å². The van der Waals surface area contributed by atoms with E-state index >= 15 is 0 Å². The highest BCUT2D eigenvalue weighted by atomic mass is 19.4. The Bertz CT molecular complexity index is 679. The van der Waals surface area contributed by atoms with Gasteiger partial charge in [-0.1, -0.05) is 18.7 Å². The van der Waals surface area contributed by atoms with E-state index < -0.39 is 17.8 Å². The number of tetrazole rings is 1. The van der Waals surface area contributed by atoms with Gasteiger partial charge in [-0.3, -0.25) is 4.79 Å². The summed E-state index contributed by atoms with van der Waals surface area (Å²) >= 11 is 0. The minimum absolute atomic E-state index is 0.0259. The van der Waals surface area contributed by atoms with Crippen molar-refractivity contribution in [2.45, 2.75) is 25.6 Å². The fraction of sp³-hybridized carbons (Fsp3) is 0.286. The number of carbonyl (C=O) groups excluding carboxylic acids is 1. The Kier molecular flexibility index (Phi) is 4.77. The molecule has 6 nitrogen and oxygen atoms in total. The molecule has 1 unspecified atom stereocenters. The molecule has 0 saturated carbocycles. The number of rotatable bonds is 5. The van der Waals surface area contributed by atoms with E-state index in [9.17, 15) is 18.0 Å². The van der Waals surface area contributed by atoms with Crippen LogP contribution in [0.4, 0.5) is 13.2 Å². The molecular weight excluding hydrogens is 311 g/mol. The number of carbonyl (C=O) groups is 1. The molecule has 1 heterocycles. The van der Waals surface area contributed by atoms with E-state index in [-0.39, 0.29) is 12.3 Å². The van der Waals surface area contributed by atoms with Crippen molar-refractivity contribution in [3.05, 3.63) is 47.8 Å². The summed E-state index contributed by atoms with van der Waals surface area (Å²) in [7, 11) is 0. The number of aromatic nitrogens is 4. The lowest BCUT2D eigenvalue weighted by Gasteiger charge is -2.15. The van der Waals surface area contributed by atoms with Crippen LogP contribution in [0.3, 0.4) is 0 Å². The molecule has 122 valence electrons. The highest BCUT2D eigenvalue weighted by molar-refractivity contribution is 5.87. The summed E-state index contributed by atoms with van der Waals surface area (Å²) in [4.78, 5) is 11.9. The molecule has 0 bridgehead atoms. The van der Waals surface area contributed by atoms with Gasteiger partial charge in [-0.05, 0) is 35.0 Å². The second-order valence-corrected chi connectivity index (χ2v) is 4.94. The van der Waals surface area contributed by atoms with Gasteiger partial charge in [-0.15, -0.1) is 5.10 Å². The summed E-state index contributed by atoms with van der Waals surface area (Å²) in [6.45, 7) is 5.38. The lowest BCUT2D eigenvalue weighted by atomic mass is 10.1. The van der Waals surface area contributed by atoms with Gasteiger partial charge in [0.2, 0.25) is 5.91 Å². The summed E-state index contributed by atoms with van der Waals surface area (Å²) in [6, 6.07) is 4.20. The number of nitrogens with zero attached hydrogens (tertiary/aromatic N) is 3. The summed E-state index contributed by atoms with van der Waals surface area (Å²) in [5, 5.41) is 15.6. The Morgan fingerprint density at radius 3 is 2.52 bits per heavy atom. The molecule has 0 saturated heterocycles. The van der Waals surface area contributed by atoms with Gasteiger partial charge in [0.25, 0.3) is 0 Å². The first-order chi connectivity index (χ1) is 10.8. The molecule has 1 amide bonds. The van der Waals surface area contributed by atoms with Crippen LogP contribution < -0.4 is 5.32 Å². The molecule has 2 N–H and O–H groups in total.